The molecule has 1 atom stereocenters. The summed E-state index contributed by atoms with van der Waals surface area (Å²) in [4.78, 5) is 36.4. The van der Waals surface area contributed by atoms with Gasteiger partial charge in [0.2, 0.25) is 0 Å². The number of halogens is 1. The SMILES string of the molecule is CC(C)[C@H](NC(=O)OCc1ccccc1)C(=O)NNC(=O)c1ccc(Cl)cc1. The van der Waals surface area contributed by atoms with Crippen LogP contribution in [0.5, 0.6) is 0 Å². The van der Waals surface area contributed by atoms with Crippen molar-refractivity contribution in [2.24, 2.45) is 5.92 Å². The molecule has 0 radical (unpaired) electrons. The summed E-state index contributed by atoms with van der Waals surface area (Å²) in [5.74, 6) is -1.29. The average Bonchev–Trinajstić information content (AvgIpc) is 2.69. The van der Waals surface area contributed by atoms with Crippen LogP contribution in [0.3, 0.4) is 0 Å². The minimum absolute atomic E-state index is 0.0897. The first-order chi connectivity index (χ1) is 13.4. The van der Waals surface area contributed by atoms with Gasteiger partial charge in [0.25, 0.3) is 11.8 Å². The summed E-state index contributed by atoms with van der Waals surface area (Å²) < 4.78 is 5.14. The molecule has 0 aromatic heterocycles. The van der Waals surface area contributed by atoms with Crippen molar-refractivity contribution in [1.82, 2.24) is 16.2 Å². The van der Waals surface area contributed by atoms with Crippen molar-refractivity contribution in [3.63, 3.8) is 0 Å². The Balaban J connectivity index is 1.85. The minimum Gasteiger partial charge on any atom is -0.445 e. The highest BCUT2D eigenvalue weighted by Gasteiger charge is 2.25. The van der Waals surface area contributed by atoms with Crippen molar-refractivity contribution < 1.29 is 19.1 Å². The molecular weight excluding hydrogens is 382 g/mol. The van der Waals surface area contributed by atoms with E-state index in [0.717, 1.165) is 5.56 Å². The molecule has 0 unspecified atom stereocenters. The summed E-state index contributed by atoms with van der Waals surface area (Å²) >= 11 is 5.78. The highest BCUT2D eigenvalue weighted by atomic mass is 35.5. The fourth-order valence-electron chi connectivity index (χ4n) is 2.30. The number of hydrazine groups is 1. The number of amides is 3. The van der Waals surface area contributed by atoms with Crippen molar-refractivity contribution in [2.75, 3.05) is 0 Å². The first-order valence-electron chi connectivity index (χ1n) is 8.70. The van der Waals surface area contributed by atoms with Gasteiger partial charge in [-0.1, -0.05) is 55.8 Å². The summed E-state index contributed by atoms with van der Waals surface area (Å²) in [5, 5.41) is 3.01. The number of carbonyl (C=O) groups is 3. The second-order valence-corrected chi connectivity index (χ2v) is 6.81. The predicted octanol–water partition coefficient (Wildman–Crippen LogP) is 3.05. The van der Waals surface area contributed by atoms with Crippen molar-refractivity contribution in [3.8, 4) is 0 Å². The van der Waals surface area contributed by atoms with Gasteiger partial charge in [0.05, 0.1) is 0 Å². The molecule has 3 amide bonds. The third kappa shape index (κ3) is 6.59. The van der Waals surface area contributed by atoms with E-state index in [1.165, 1.54) is 12.1 Å². The number of benzene rings is 2. The molecule has 0 heterocycles. The van der Waals surface area contributed by atoms with Gasteiger partial charge in [-0.25, -0.2) is 4.79 Å². The molecule has 0 spiro atoms. The maximum atomic E-state index is 12.4. The van der Waals surface area contributed by atoms with Gasteiger partial charge in [0, 0.05) is 10.6 Å². The van der Waals surface area contributed by atoms with E-state index in [1.807, 2.05) is 30.3 Å². The van der Waals surface area contributed by atoms with Crippen molar-refractivity contribution in [1.29, 1.82) is 0 Å². The van der Waals surface area contributed by atoms with E-state index in [0.29, 0.717) is 10.6 Å². The standard InChI is InChI=1S/C20H22ClN3O4/c1-13(2)17(22-20(27)28-12-14-6-4-3-5-7-14)19(26)24-23-18(25)15-8-10-16(21)11-9-15/h3-11,13,17H,12H2,1-2H3,(H,22,27)(H,23,25)(H,24,26)/t17-/m0/s1. The first-order valence-corrected chi connectivity index (χ1v) is 9.07. The molecule has 0 aliphatic heterocycles. The highest BCUT2D eigenvalue weighted by molar-refractivity contribution is 6.30. The number of ether oxygens (including phenoxy) is 1. The predicted molar refractivity (Wildman–Crippen MR) is 105 cm³/mol. The van der Waals surface area contributed by atoms with Crippen LogP contribution in [0.1, 0.15) is 29.8 Å². The minimum atomic E-state index is -0.881. The van der Waals surface area contributed by atoms with Gasteiger partial charge in [-0.2, -0.15) is 0 Å². The zero-order valence-electron chi connectivity index (χ0n) is 15.6. The third-order valence-electron chi connectivity index (χ3n) is 3.84. The van der Waals surface area contributed by atoms with Crippen molar-refractivity contribution in [3.05, 3.63) is 70.7 Å². The summed E-state index contributed by atoms with van der Waals surface area (Å²) in [7, 11) is 0. The monoisotopic (exact) mass is 403 g/mol. The summed E-state index contributed by atoms with van der Waals surface area (Å²) in [6.07, 6.45) is -0.721. The normalized spacial score (nSPS) is 11.4. The maximum absolute atomic E-state index is 12.4. The number of alkyl carbamates (subject to hydrolysis) is 1. The molecule has 8 heteroatoms. The second-order valence-electron chi connectivity index (χ2n) is 6.38. The summed E-state index contributed by atoms with van der Waals surface area (Å²) in [6.45, 7) is 3.62. The van der Waals surface area contributed by atoms with E-state index >= 15 is 0 Å². The van der Waals surface area contributed by atoms with Gasteiger partial charge >= 0.3 is 6.09 Å². The molecule has 2 aromatic rings. The van der Waals surface area contributed by atoms with Crippen LogP contribution in [0.15, 0.2) is 54.6 Å². The van der Waals surface area contributed by atoms with Gasteiger partial charge in [0.1, 0.15) is 12.6 Å². The molecule has 28 heavy (non-hydrogen) atoms. The van der Waals surface area contributed by atoms with Gasteiger partial charge in [-0.3, -0.25) is 20.4 Å². The molecule has 0 saturated heterocycles. The molecular formula is C20H22ClN3O4. The fourth-order valence-corrected chi connectivity index (χ4v) is 2.42. The largest absolute Gasteiger partial charge is 0.445 e. The Bertz CT molecular complexity index is 810. The fraction of sp³-hybridized carbons (Fsp3) is 0.250. The number of nitrogens with one attached hydrogen (secondary N) is 3. The molecule has 148 valence electrons. The van der Waals surface area contributed by atoms with Crippen LogP contribution in [0.25, 0.3) is 0 Å². The Morgan fingerprint density at radius 2 is 1.61 bits per heavy atom. The molecule has 2 aromatic carbocycles. The Labute approximate surface area is 168 Å². The average molecular weight is 404 g/mol. The lowest BCUT2D eigenvalue weighted by Gasteiger charge is -2.21. The van der Waals surface area contributed by atoms with E-state index in [4.69, 9.17) is 16.3 Å². The molecule has 0 saturated carbocycles. The Morgan fingerprint density at radius 1 is 0.964 bits per heavy atom. The number of hydrogen-bond acceptors (Lipinski definition) is 4. The number of hydrogen-bond donors (Lipinski definition) is 3. The van der Waals surface area contributed by atoms with Crippen LogP contribution < -0.4 is 16.2 Å². The smallest absolute Gasteiger partial charge is 0.408 e. The van der Waals surface area contributed by atoms with E-state index in [9.17, 15) is 14.4 Å². The van der Waals surface area contributed by atoms with Crippen molar-refractivity contribution >= 4 is 29.5 Å². The molecule has 0 aliphatic rings. The molecule has 2 rings (SSSR count). The Morgan fingerprint density at radius 3 is 2.21 bits per heavy atom. The lowest BCUT2D eigenvalue weighted by molar-refractivity contribution is -0.124. The molecule has 0 aliphatic carbocycles. The van der Waals surface area contributed by atoms with E-state index < -0.39 is 23.9 Å². The third-order valence-corrected chi connectivity index (χ3v) is 4.09. The molecule has 0 bridgehead atoms. The van der Waals surface area contributed by atoms with Gasteiger partial charge < -0.3 is 10.1 Å². The number of carbonyl (C=O) groups excluding carboxylic acids is 3. The highest BCUT2D eigenvalue weighted by Crippen LogP contribution is 2.09. The summed E-state index contributed by atoms with van der Waals surface area (Å²) in [5.41, 5.74) is 5.79. The van der Waals surface area contributed by atoms with E-state index in [2.05, 4.69) is 16.2 Å². The van der Waals surface area contributed by atoms with Crippen LogP contribution in [-0.2, 0) is 16.1 Å². The van der Waals surface area contributed by atoms with E-state index in [-0.39, 0.29) is 12.5 Å². The molecule has 0 fully saturated rings. The van der Waals surface area contributed by atoms with Gasteiger partial charge in [-0.15, -0.1) is 0 Å². The topological polar surface area (TPSA) is 96.5 Å². The molecule has 7 nitrogen and oxygen atoms in total. The lowest BCUT2D eigenvalue weighted by atomic mass is 10.0. The van der Waals surface area contributed by atoms with Crippen LogP contribution in [0, 0.1) is 5.92 Å². The first kappa shape index (κ1) is 21.2. The zero-order valence-corrected chi connectivity index (χ0v) is 16.3. The maximum Gasteiger partial charge on any atom is 0.408 e. The van der Waals surface area contributed by atoms with E-state index in [1.54, 1.807) is 26.0 Å². The summed E-state index contributed by atoms with van der Waals surface area (Å²) in [6, 6.07) is 14.5. The van der Waals surface area contributed by atoms with Crippen LogP contribution in [-0.4, -0.2) is 23.9 Å². The van der Waals surface area contributed by atoms with Crippen LogP contribution in [0.2, 0.25) is 5.02 Å². The Kier molecular flexibility index (Phi) is 7.83. The lowest BCUT2D eigenvalue weighted by Crippen LogP contribution is -2.54. The zero-order chi connectivity index (χ0) is 20.5. The quantitative estimate of drug-likeness (QED) is 0.646. The van der Waals surface area contributed by atoms with Crippen LogP contribution >= 0.6 is 11.6 Å². The van der Waals surface area contributed by atoms with Gasteiger partial charge in [0.15, 0.2) is 0 Å². The second kappa shape index (κ2) is 10.3. The Hall–Kier alpha value is -3.06. The van der Waals surface area contributed by atoms with Crippen molar-refractivity contribution in [2.45, 2.75) is 26.5 Å². The molecule has 3 N–H and O–H groups in total. The van der Waals surface area contributed by atoms with Gasteiger partial charge in [-0.05, 0) is 35.7 Å². The van der Waals surface area contributed by atoms with Crippen LogP contribution in [0.4, 0.5) is 4.79 Å². The number of rotatable bonds is 6.